The maximum Gasteiger partial charge on any atom is 0.106 e. The van der Waals surface area contributed by atoms with Crippen LogP contribution in [0.1, 0.15) is 17.2 Å². The number of aliphatic hydroxyl groups is 2. The average molecular weight is 260 g/mol. The summed E-state index contributed by atoms with van der Waals surface area (Å²) in [6.07, 6.45) is -1.63. The molecule has 2 atom stereocenters. The highest BCUT2D eigenvalue weighted by Gasteiger charge is 2.16. The first-order valence-electron chi connectivity index (χ1n) is 4.40. The Hall–Kier alpha value is -0.420. The van der Waals surface area contributed by atoms with Gasteiger partial charge in [0.25, 0.3) is 0 Å². The number of benzene rings is 1. The van der Waals surface area contributed by atoms with Crippen molar-refractivity contribution in [2.45, 2.75) is 18.8 Å². The third-order valence-corrected chi connectivity index (χ3v) is 2.74. The minimum Gasteiger partial charge on any atom is -0.389 e. The number of rotatable bonds is 4. The van der Waals surface area contributed by atoms with Crippen LogP contribution >= 0.6 is 15.9 Å². The Bertz CT molecular complexity index is 276. The summed E-state index contributed by atoms with van der Waals surface area (Å²) in [6.45, 7) is 0.484. The molecule has 2 unspecified atom stereocenters. The Morgan fingerprint density at radius 2 is 1.79 bits per heavy atom. The largest absolute Gasteiger partial charge is 0.389 e. The molecule has 0 amide bonds. The average Bonchev–Trinajstić information content (AvgIpc) is 2.27. The maximum atomic E-state index is 9.64. The van der Waals surface area contributed by atoms with Gasteiger partial charge in [0.2, 0.25) is 0 Å². The normalized spacial score (nSPS) is 15.1. The van der Waals surface area contributed by atoms with Crippen molar-refractivity contribution in [1.29, 1.82) is 0 Å². The minimum atomic E-state index is -0.846. The number of halogens is 1. The lowest BCUT2D eigenvalue weighted by Gasteiger charge is -2.15. The number of aliphatic hydroxyl groups excluding tert-OH is 2. The summed E-state index contributed by atoms with van der Waals surface area (Å²) in [5.74, 6) is 0. The summed E-state index contributed by atoms with van der Waals surface area (Å²) in [5, 5.41) is 19.4. The van der Waals surface area contributed by atoms with Crippen LogP contribution in [0.15, 0.2) is 24.3 Å². The van der Waals surface area contributed by atoms with Crippen molar-refractivity contribution in [2.24, 2.45) is 5.73 Å². The van der Waals surface area contributed by atoms with Gasteiger partial charge in [-0.25, -0.2) is 0 Å². The van der Waals surface area contributed by atoms with E-state index >= 15 is 0 Å². The van der Waals surface area contributed by atoms with E-state index in [1.165, 1.54) is 0 Å². The Balaban J connectivity index is 2.75. The second-order valence-electron chi connectivity index (χ2n) is 3.11. The summed E-state index contributed by atoms with van der Waals surface area (Å²) < 4.78 is 0. The Kier molecular flexibility index (Phi) is 4.54. The molecule has 14 heavy (non-hydrogen) atoms. The van der Waals surface area contributed by atoms with Gasteiger partial charge in [0.1, 0.15) is 6.10 Å². The van der Waals surface area contributed by atoms with E-state index in [0.717, 1.165) is 5.56 Å². The van der Waals surface area contributed by atoms with Gasteiger partial charge in [-0.1, -0.05) is 40.2 Å². The third kappa shape index (κ3) is 2.78. The van der Waals surface area contributed by atoms with Gasteiger partial charge in [0.05, 0.1) is 6.10 Å². The minimum absolute atomic E-state index is 0.354. The molecule has 3 nitrogen and oxygen atoms in total. The molecule has 0 heterocycles. The third-order valence-electron chi connectivity index (χ3n) is 2.08. The molecule has 0 spiro atoms. The summed E-state index contributed by atoms with van der Waals surface area (Å²) >= 11 is 3.11. The predicted molar refractivity (Wildman–Crippen MR) is 59.1 cm³/mol. The second-order valence-corrected chi connectivity index (χ2v) is 3.76. The van der Waals surface area contributed by atoms with Gasteiger partial charge in [-0.3, -0.25) is 0 Å². The molecule has 0 saturated carbocycles. The Labute approximate surface area is 91.7 Å². The van der Waals surface area contributed by atoms with Gasteiger partial charge in [-0.2, -0.15) is 0 Å². The number of alkyl halides is 1. The number of hydrogen-bond acceptors (Lipinski definition) is 3. The fraction of sp³-hybridized carbons (Fsp3) is 0.400. The van der Waals surface area contributed by atoms with E-state index in [9.17, 15) is 10.2 Å². The lowest BCUT2D eigenvalue weighted by atomic mass is 10.0. The molecule has 1 aromatic carbocycles. The van der Waals surface area contributed by atoms with Crippen molar-refractivity contribution >= 4 is 15.9 Å². The van der Waals surface area contributed by atoms with E-state index in [4.69, 9.17) is 5.73 Å². The molecule has 1 aromatic rings. The first-order valence-corrected chi connectivity index (χ1v) is 5.52. The lowest BCUT2D eigenvalue weighted by molar-refractivity contribution is 0.0342. The van der Waals surface area contributed by atoms with E-state index in [-0.39, 0.29) is 0 Å². The van der Waals surface area contributed by atoms with E-state index in [0.29, 0.717) is 17.4 Å². The molecule has 0 bridgehead atoms. The van der Waals surface area contributed by atoms with Gasteiger partial charge < -0.3 is 15.9 Å². The zero-order valence-corrected chi connectivity index (χ0v) is 9.31. The van der Waals surface area contributed by atoms with Crippen LogP contribution in [0.3, 0.4) is 0 Å². The summed E-state index contributed by atoms with van der Waals surface area (Å²) in [4.78, 5) is 0. The fourth-order valence-electron chi connectivity index (χ4n) is 1.16. The maximum absolute atomic E-state index is 9.64. The molecule has 0 saturated heterocycles. The highest BCUT2D eigenvalue weighted by atomic mass is 79.9. The topological polar surface area (TPSA) is 66.5 Å². The van der Waals surface area contributed by atoms with Crippen LogP contribution in [0.25, 0.3) is 0 Å². The van der Waals surface area contributed by atoms with Gasteiger partial charge >= 0.3 is 0 Å². The Morgan fingerprint density at radius 1 is 1.21 bits per heavy atom. The monoisotopic (exact) mass is 259 g/mol. The van der Waals surface area contributed by atoms with Crippen molar-refractivity contribution in [3.63, 3.8) is 0 Å². The first-order chi connectivity index (χ1) is 6.69. The van der Waals surface area contributed by atoms with Gasteiger partial charge in [0.15, 0.2) is 0 Å². The zero-order valence-electron chi connectivity index (χ0n) is 7.73. The smallest absolute Gasteiger partial charge is 0.106 e. The second kappa shape index (κ2) is 5.46. The standard InChI is InChI=1S/C10H14BrNO2/c11-5-9(13)10(14)8-3-1-7(6-12)2-4-8/h1-4,9-10,13-14H,5-6,12H2. The highest BCUT2D eigenvalue weighted by molar-refractivity contribution is 9.09. The molecule has 4 heteroatoms. The van der Waals surface area contributed by atoms with Gasteiger partial charge in [-0.15, -0.1) is 0 Å². The van der Waals surface area contributed by atoms with Crippen molar-refractivity contribution in [3.8, 4) is 0 Å². The van der Waals surface area contributed by atoms with Crippen molar-refractivity contribution in [3.05, 3.63) is 35.4 Å². The van der Waals surface area contributed by atoms with E-state index in [2.05, 4.69) is 15.9 Å². The number of nitrogens with two attached hydrogens (primary N) is 1. The van der Waals surface area contributed by atoms with Crippen LogP contribution < -0.4 is 5.73 Å². The molecule has 0 aromatic heterocycles. The summed E-state index contributed by atoms with van der Waals surface area (Å²) in [7, 11) is 0. The molecular formula is C10H14BrNO2. The first kappa shape index (κ1) is 11.7. The van der Waals surface area contributed by atoms with Crippen molar-refractivity contribution < 1.29 is 10.2 Å². The van der Waals surface area contributed by atoms with Crippen LogP contribution in [0.2, 0.25) is 0 Å². The molecule has 4 N–H and O–H groups in total. The molecular weight excluding hydrogens is 246 g/mol. The van der Waals surface area contributed by atoms with E-state index in [1.807, 2.05) is 12.1 Å². The van der Waals surface area contributed by atoms with Gasteiger partial charge in [-0.05, 0) is 11.1 Å². The zero-order chi connectivity index (χ0) is 10.6. The molecule has 0 fully saturated rings. The van der Waals surface area contributed by atoms with Crippen LogP contribution in [-0.4, -0.2) is 21.6 Å². The van der Waals surface area contributed by atoms with Crippen LogP contribution in [-0.2, 0) is 6.54 Å². The molecule has 0 aliphatic heterocycles. The molecule has 0 aliphatic carbocycles. The fourth-order valence-corrected chi connectivity index (χ4v) is 1.51. The van der Waals surface area contributed by atoms with E-state index < -0.39 is 12.2 Å². The van der Waals surface area contributed by atoms with Crippen LogP contribution in [0.5, 0.6) is 0 Å². The molecule has 0 aliphatic rings. The van der Waals surface area contributed by atoms with Gasteiger partial charge in [0, 0.05) is 11.9 Å². The van der Waals surface area contributed by atoms with Crippen molar-refractivity contribution in [2.75, 3.05) is 5.33 Å². The van der Waals surface area contributed by atoms with E-state index in [1.54, 1.807) is 12.1 Å². The molecule has 78 valence electrons. The molecule has 1 rings (SSSR count). The van der Waals surface area contributed by atoms with Crippen LogP contribution in [0.4, 0.5) is 0 Å². The lowest BCUT2D eigenvalue weighted by Crippen LogP contribution is -2.19. The molecule has 0 radical (unpaired) electrons. The summed E-state index contributed by atoms with van der Waals surface area (Å²) in [5.41, 5.74) is 7.15. The highest BCUT2D eigenvalue weighted by Crippen LogP contribution is 2.18. The van der Waals surface area contributed by atoms with Crippen LogP contribution in [0, 0.1) is 0 Å². The quantitative estimate of drug-likeness (QED) is 0.706. The van der Waals surface area contributed by atoms with Crippen molar-refractivity contribution in [1.82, 2.24) is 0 Å². The Morgan fingerprint density at radius 3 is 2.21 bits per heavy atom. The predicted octanol–water partition coefficient (Wildman–Crippen LogP) is 0.935. The SMILES string of the molecule is NCc1ccc(C(O)C(O)CBr)cc1. The summed E-state index contributed by atoms with van der Waals surface area (Å²) in [6, 6.07) is 7.25. The number of hydrogen-bond donors (Lipinski definition) is 3.